The van der Waals surface area contributed by atoms with Gasteiger partial charge >= 0.3 is 12.2 Å². The van der Waals surface area contributed by atoms with Gasteiger partial charge in [0.05, 0.1) is 23.7 Å². The number of anilines is 3. The Morgan fingerprint density at radius 1 is 1.26 bits per heavy atom. The minimum Gasteiger partial charge on any atom is -0.366 e. The normalized spacial score (nSPS) is 18.0. The number of aryl methyl sites for hydroxylation is 1. The Morgan fingerprint density at radius 2 is 2.03 bits per heavy atom. The molecule has 5 heterocycles. The van der Waals surface area contributed by atoms with Crippen LogP contribution in [0.3, 0.4) is 0 Å². The Bertz CT molecular complexity index is 1330. The van der Waals surface area contributed by atoms with Gasteiger partial charge < -0.3 is 16.4 Å². The molecule has 5 N–H and O–H groups in total. The van der Waals surface area contributed by atoms with Gasteiger partial charge in [-0.25, -0.2) is 14.8 Å². The predicted octanol–water partition coefficient (Wildman–Crippen LogP) is 1.68. The largest absolute Gasteiger partial charge is 0.405 e. The monoisotopic (exact) mass is 489 g/mol. The number of urea groups is 1. The highest BCUT2D eigenvalue weighted by Crippen LogP contribution is 2.40. The number of hydrogen-bond donors (Lipinski definition) is 3. The molecule has 0 saturated carbocycles. The maximum atomic E-state index is 14.0. The highest BCUT2D eigenvalue weighted by atomic mass is 19.4. The molecule has 2 atom stereocenters. The van der Waals surface area contributed by atoms with Crippen LogP contribution in [0.4, 0.5) is 35.3 Å². The van der Waals surface area contributed by atoms with E-state index in [-0.39, 0.29) is 23.4 Å². The van der Waals surface area contributed by atoms with Crippen LogP contribution in [0.15, 0.2) is 24.3 Å². The van der Waals surface area contributed by atoms with Crippen molar-refractivity contribution in [3.05, 3.63) is 35.7 Å². The molecule has 0 aromatic carbocycles. The van der Waals surface area contributed by atoms with E-state index in [1.165, 1.54) is 11.0 Å². The number of aromatic amines is 1. The molecule has 35 heavy (non-hydrogen) atoms. The number of carbonyl (C=O) groups excluding carboxylic acids is 2. The van der Waals surface area contributed by atoms with E-state index >= 15 is 0 Å². The van der Waals surface area contributed by atoms with Gasteiger partial charge in [-0.2, -0.15) is 18.3 Å². The van der Waals surface area contributed by atoms with Gasteiger partial charge in [0, 0.05) is 18.8 Å². The fourth-order valence-corrected chi connectivity index (χ4v) is 4.47. The van der Waals surface area contributed by atoms with Crippen LogP contribution < -0.4 is 26.2 Å². The minimum absolute atomic E-state index is 0.0368. The van der Waals surface area contributed by atoms with Crippen molar-refractivity contribution in [1.29, 1.82) is 0 Å². The highest BCUT2D eigenvalue weighted by molar-refractivity contribution is 6.09. The van der Waals surface area contributed by atoms with E-state index in [4.69, 9.17) is 11.5 Å². The zero-order chi connectivity index (χ0) is 25.1. The standard InChI is InChI=1S/C21H22F3N9O2/c1-10-2-3-12-17(27-10)29-30-18(12)32(9-15(25)21(22,23)24)20(35)33-11-6-7-31(8-11)14-5-4-13(16(26)34)28-19(14)33/h2-5,11,15H,6-9,25H2,1H3,(H2,26,34)(H,27,29,30)/t11-,15?/m0/s1. The molecule has 1 saturated heterocycles. The molecule has 3 aromatic heterocycles. The summed E-state index contributed by atoms with van der Waals surface area (Å²) in [6.07, 6.45) is -4.18. The third-order valence-electron chi connectivity index (χ3n) is 6.24. The zero-order valence-corrected chi connectivity index (χ0v) is 18.6. The number of nitrogens with two attached hydrogens (primary N) is 2. The summed E-state index contributed by atoms with van der Waals surface area (Å²) < 4.78 is 40.4. The lowest BCUT2D eigenvalue weighted by atomic mass is 10.1. The number of primary amides is 1. The summed E-state index contributed by atoms with van der Waals surface area (Å²) in [6.45, 7) is 1.96. The van der Waals surface area contributed by atoms with Gasteiger partial charge in [-0.15, -0.1) is 0 Å². The number of aromatic nitrogens is 4. The summed E-state index contributed by atoms with van der Waals surface area (Å²) in [5.41, 5.74) is 12.3. The Morgan fingerprint density at radius 3 is 2.74 bits per heavy atom. The molecule has 11 nitrogen and oxygen atoms in total. The molecule has 0 spiro atoms. The molecule has 184 valence electrons. The van der Waals surface area contributed by atoms with Crippen molar-refractivity contribution in [2.75, 3.05) is 34.3 Å². The highest BCUT2D eigenvalue weighted by Gasteiger charge is 2.45. The molecule has 0 radical (unpaired) electrons. The van der Waals surface area contributed by atoms with E-state index in [1.807, 2.05) is 4.90 Å². The average Bonchev–Trinajstić information content (AvgIpc) is 3.41. The van der Waals surface area contributed by atoms with Crippen molar-refractivity contribution in [2.45, 2.75) is 31.6 Å². The number of fused-ring (bicyclic) bond motifs is 5. The van der Waals surface area contributed by atoms with E-state index < -0.39 is 30.7 Å². The maximum absolute atomic E-state index is 14.0. The summed E-state index contributed by atoms with van der Waals surface area (Å²) >= 11 is 0. The van der Waals surface area contributed by atoms with Crippen LogP contribution in [-0.2, 0) is 0 Å². The third kappa shape index (κ3) is 3.88. The topological polar surface area (TPSA) is 150 Å². The first-order valence-electron chi connectivity index (χ1n) is 10.8. The Hall–Kier alpha value is -3.94. The molecule has 5 rings (SSSR count). The van der Waals surface area contributed by atoms with Gasteiger partial charge in [-0.05, 0) is 37.6 Å². The fraction of sp³-hybridized carbons (Fsp3) is 0.381. The van der Waals surface area contributed by atoms with E-state index in [2.05, 4.69) is 20.2 Å². The maximum Gasteiger partial charge on any atom is 0.405 e. The van der Waals surface area contributed by atoms with Crippen molar-refractivity contribution >= 4 is 40.3 Å². The molecule has 2 aliphatic rings. The summed E-state index contributed by atoms with van der Waals surface area (Å²) in [5.74, 6) is -0.673. The Balaban J connectivity index is 1.62. The van der Waals surface area contributed by atoms with E-state index in [0.29, 0.717) is 41.9 Å². The summed E-state index contributed by atoms with van der Waals surface area (Å²) in [6, 6.07) is 2.88. The molecule has 0 aliphatic carbocycles. The first kappa shape index (κ1) is 22.8. The Labute approximate surface area is 196 Å². The van der Waals surface area contributed by atoms with Gasteiger partial charge in [-0.3, -0.25) is 19.7 Å². The zero-order valence-electron chi connectivity index (χ0n) is 18.6. The number of hydrogen-bond acceptors (Lipinski definition) is 7. The van der Waals surface area contributed by atoms with E-state index in [0.717, 1.165) is 4.90 Å². The lowest BCUT2D eigenvalue weighted by Gasteiger charge is -2.38. The Kier molecular flexibility index (Phi) is 5.27. The molecular weight excluding hydrogens is 467 g/mol. The lowest BCUT2D eigenvalue weighted by molar-refractivity contribution is -0.145. The third-order valence-corrected chi connectivity index (χ3v) is 6.24. The summed E-state index contributed by atoms with van der Waals surface area (Å²) in [7, 11) is 0. The van der Waals surface area contributed by atoms with Gasteiger partial charge in [-0.1, -0.05) is 0 Å². The van der Waals surface area contributed by atoms with Gasteiger partial charge in [0.15, 0.2) is 17.3 Å². The van der Waals surface area contributed by atoms with Gasteiger partial charge in [0.25, 0.3) is 5.91 Å². The number of halogens is 3. The van der Waals surface area contributed by atoms with Crippen molar-refractivity contribution in [3.63, 3.8) is 0 Å². The lowest BCUT2D eigenvalue weighted by Crippen LogP contribution is -2.56. The average molecular weight is 489 g/mol. The first-order valence-corrected chi connectivity index (χ1v) is 10.8. The van der Waals surface area contributed by atoms with Crippen LogP contribution in [0.2, 0.25) is 0 Å². The first-order chi connectivity index (χ1) is 16.5. The summed E-state index contributed by atoms with van der Waals surface area (Å²) in [5, 5.41) is 7.15. The smallest absolute Gasteiger partial charge is 0.366 e. The number of amides is 3. The van der Waals surface area contributed by atoms with Crippen LogP contribution in [0, 0.1) is 6.92 Å². The van der Waals surface area contributed by atoms with Crippen LogP contribution in [0.1, 0.15) is 22.6 Å². The van der Waals surface area contributed by atoms with Crippen LogP contribution in [0.5, 0.6) is 0 Å². The molecule has 14 heteroatoms. The van der Waals surface area contributed by atoms with Crippen LogP contribution in [0.25, 0.3) is 11.0 Å². The summed E-state index contributed by atoms with van der Waals surface area (Å²) in [4.78, 5) is 38.5. The number of alkyl halides is 3. The number of rotatable bonds is 4. The second-order valence-corrected chi connectivity index (χ2v) is 8.60. The number of pyridine rings is 2. The van der Waals surface area contributed by atoms with Gasteiger partial charge in [0.1, 0.15) is 11.7 Å². The SMILES string of the molecule is Cc1ccc2c(N(CC(N)C(F)(F)F)C(=O)N3c4nc(C(N)=O)ccc4N4CC[C@H]3C4)n[nH]c2n1. The second kappa shape index (κ2) is 8.08. The molecule has 2 bridgehead atoms. The number of carbonyl (C=O) groups is 2. The van der Waals surface area contributed by atoms with Crippen LogP contribution in [-0.4, -0.2) is 70.0 Å². The van der Waals surface area contributed by atoms with E-state index in [9.17, 15) is 22.8 Å². The predicted molar refractivity (Wildman–Crippen MR) is 121 cm³/mol. The van der Waals surface area contributed by atoms with Crippen molar-refractivity contribution in [3.8, 4) is 0 Å². The number of nitrogens with one attached hydrogen (secondary N) is 1. The van der Waals surface area contributed by atoms with Crippen molar-refractivity contribution < 1.29 is 22.8 Å². The molecule has 1 fully saturated rings. The fourth-order valence-electron chi connectivity index (χ4n) is 4.47. The number of nitrogens with zero attached hydrogens (tertiary/aromatic N) is 6. The van der Waals surface area contributed by atoms with Crippen molar-refractivity contribution in [1.82, 2.24) is 20.2 Å². The van der Waals surface area contributed by atoms with Crippen molar-refractivity contribution in [2.24, 2.45) is 11.5 Å². The molecule has 3 amide bonds. The molecule has 1 unspecified atom stereocenters. The quantitative estimate of drug-likeness (QED) is 0.504. The molecule has 3 aromatic rings. The minimum atomic E-state index is -4.75. The van der Waals surface area contributed by atoms with E-state index in [1.54, 1.807) is 25.1 Å². The number of H-pyrrole nitrogens is 1. The van der Waals surface area contributed by atoms with Gasteiger partial charge in [0.2, 0.25) is 0 Å². The van der Waals surface area contributed by atoms with Crippen LogP contribution >= 0.6 is 0 Å². The molecular formula is C21H22F3N9O2. The second-order valence-electron chi connectivity index (χ2n) is 8.60. The molecule has 2 aliphatic heterocycles.